The van der Waals surface area contributed by atoms with Gasteiger partial charge in [0.2, 0.25) is 17.7 Å². The van der Waals surface area contributed by atoms with Crippen LogP contribution in [0.4, 0.5) is 0 Å². The minimum atomic E-state index is -0.598. The number of methoxy groups -OCH3 is 2. The number of aliphatic imine (C=N–C) groups is 1. The number of guanidine groups is 1. The molecule has 0 aromatic heterocycles. The summed E-state index contributed by atoms with van der Waals surface area (Å²) in [6.07, 6.45) is 1.65. The summed E-state index contributed by atoms with van der Waals surface area (Å²) in [6, 6.07) is -1.11. The highest BCUT2D eigenvalue weighted by molar-refractivity contribution is 5.87. The molecule has 0 aromatic carbocycles. The molecule has 3 amide bonds. The molecule has 0 aromatic rings. The van der Waals surface area contributed by atoms with Crippen molar-refractivity contribution in [2.75, 3.05) is 75.1 Å². The number of likely N-dealkylation sites (N-methyl/N-ethyl adjacent to an activating group) is 1. The second-order valence-electron chi connectivity index (χ2n) is 11.9. The van der Waals surface area contributed by atoms with Crippen LogP contribution in [0, 0.1) is 11.8 Å². The number of piperazine rings is 1. The number of carbonyl (C=O) groups is 3. The minimum absolute atomic E-state index is 0.0515. The molecule has 2 aliphatic rings. The Hall–Kier alpha value is -2.44. The molecule has 2 saturated heterocycles. The second-order valence-corrected chi connectivity index (χ2v) is 11.9. The molecule has 242 valence electrons. The highest BCUT2D eigenvalue weighted by Gasteiger charge is 2.42. The molecule has 12 nitrogen and oxygen atoms in total. The quantitative estimate of drug-likeness (QED) is 0.238. The lowest BCUT2D eigenvalue weighted by Gasteiger charge is -2.40. The Kier molecular flexibility index (Phi) is 14.5. The van der Waals surface area contributed by atoms with Crippen LogP contribution < -0.4 is 10.6 Å². The number of rotatable bonds is 13. The highest BCUT2D eigenvalue weighted by Crippen LogP contribution is 2.29. The van der Waals surface area contributed by atoms with Crippen LogP contribution in [0.5, 0.6) is 0 Å². The van der Waals surface area contributed by atoms with Crippen LogP contribution in [0.25, 0.3) is 0 Å². The predicted octanol–water partition coefficient (Wildman–Crippen LogP) is 0.864. The monoisotopic (exact) mass is 595 g/mol. The van der Waals surface area contributed by atoms with Crippen molar-refractivity contribution in [3.8, 4) is 0 Å². The fourth-order valence-electron chi connectivity index (χ4n) is 6.40. The maximum atomic E-state index is 13.8. The molecule has 7 unspecified atom stereocenters. The third-order valence-corrected chi connectivity index (χ3v) is 8.97. The molecule has 0 bridgehead atoms. The molecule has 2 aliphatic heterocycles. The van der Waals surface area contributed by atoms with Gasteiger partial charge in [-0.2, -0.15) is 0 Å². The standard InChI is InChI=1S/C30H57N7O5/c1-11-20(2)26(35(8)29(40)22(4)33-30(34(6)7)36-17-14-32-15-18-36)24(41-9)19-25(38)37-16-12-13-23(37)27(42-10)21(3)28(39)31-5/h20-24,26-27,32H,11-19H2,1-10H3,(H,31,39). The Morgan fingerprint density at radius 2 is 1.69 bits per heavy atom. The lowest BCUT2D eigenvalue weighted by molar-refractivity contribution is -0.146. The number of hydrogen-bond acceptors (Lipinski definition) is 7. The molecule has 2 rings (SSSR count). The number of likely N-dealkylation sites (tertiary alicyclic amines) is 1. The van der Waals surface area contributed by atoms with E-state index in [1.54, 1.807) is 33.2 Å². The molecule has 0 aliphatic carbocycles. The van der Waals surface area contributed by atoms with E-state index in [2.05, 4.69) is 29.4 Å². The molecule has 2 heterocycles. The summed E-state index contributed by atoms with van der Waals surface area (Å²) < 4.78 is 11.7. The van der Waals surface area contributed by atoms with E-state index in [-0.39, 0.29) is 42.1 Å². The molecule has 0 saturated carbocycles. The summed E-state index contributed by atoms with van der Waals surface area (Å²) in [7, 11) is 10.5. The van der Waals surface area contributed by atoms with Crippen LogP contribution in [0.2, 0.25) is 0 Å². The Labute approximate surface area is 253 Å². The van der Waals surface area contributed by atoms with Gasteiger partial charge in [-0.25, -0.2) is 4.99 Å². The zero-order valence-electron chi connectivity index (χ0n) is 27.7. The summed E-state index contributed by atoms with van der Waals surface area (Å²) in [5, 5.41) is 6.05. The average molecular weight is 596 g/mol. The van der Waals surface area contributed by atoms with Gasteiger partial charge >= 0.3 is 0 Å². The first-order valence-corrected chi connectivity index (χ1v) is 15.5. The van der Waals surface area contributed by atoms with Crippen molar-refractivity contribution in [2.45, 2.75) is 83.7 Å². The van der Waals surface area contributed by atoms with Crippen LogP contribution in [0.15, 0.2) is 4.99 Å². The van der Waals surface area contributed by atoms with Crippen molar-refractivity contribution in [1.82, 2.24) is 30.2 Å². The molecule has 2 N–H and O–H groups in total. The lowest BCUT2D eigenvalue weighted by Crippen LogP contribution is -2.54. The Balaban J connectivity index is 2.25. The maximum absolute atomic E-state index is 13.8. The third kappa shape index (κ3) is 8.79. The van der Waals surface area contributed by atoms with Gasteiger partial charge in [0.05, 0.1) is 36.6 Å². The molecule has 12 heteroatoms. The van der Waals surface area contributed by atoms with E-state index >= 15 is 0 Å². The van der Waals surface area contributed by atoms with E-state index in [9.17, 15) is 14.4 Å². The summed E-state index contributed by atoms with van der Waals surface area (Å²) in [6.45, 7) is 11.9. The van der Waals surface area contributed by atoms with E-state index in [0.29, 0.717) is 6.54 Å². The van der Waals surface area contributed by atoms with Gasteiger partial charge in [0, 0.05) is 75.1 Å². The molecule has 0 spiro atoms. The van der Waals surface area contributed by atoms with Gasteiger partial charge in [-0.15, -0.1) is 0 Å². The van der Waals surface area contributed by atoms with Gasteiger partial charge in [0.15, 0.2) is 5.96 Å². The lowest BCUT2D eigenvalue weighted by atomic mass is 9.90. The minimum Gasteiger partial charge on any atom is -0.379 e. The zero-order valence-corrected chi connectivity index (χ0v) is 27.7. The normalized spacial score (nSPS) is 22.1. The SMILES string of the molecule is CCC(C)C(C(CC(=O)N1CCCC1C(OC)C(C)C(=O)NC)OC)N(C)C(=O)C(C)N=C(N(C)C)N1CCNCC1. The van der Waals surface area contributed by atoms with Crippen LogP contribution in [0.1, 0.15) is 53.4 Å². The van der Waals surface area contributed by atoms with Gasteiger partial charge in [0.25, 0.3) is 0 Å². The van der Waals surface area contributed by atoms with Crippen LogP contribution in [-0.4, -0.2) is 149 Å². The van der Waals surface area contributed by atoms with E-state index in [0.717, 1.165) is 51.4 Å². The summed E-state index contributed by atoms with van der Waals surface area (Å²) in [5.74, 6) is 0.209. The number of hydrogen-bond donors (Lipinski definition) is 2. The zero-order chi connectivity index (χ0) is 31.6. The van der Waals surface area contributed by atoms with E-state index in [4.69, 9.17) is 14.5 Å². The van der Waals surface area contributed by atoms with Crippen LogP contribution in [0.3, 0.4) is 0 Å². The summed E-state index contributed by atoms with van der Waals surface area (Å²) >= 11 is 0. The maximum Gasteiger partial charge on any atom is 0.247 e. The molecular weight excluding hydrogens is 538 g/mol. The topological polar surface area (TPSA) is 119 Å². The van der Waals surface area contributed by atoms with Gasteiger partial charge in [0.1, 0.15) is 6.04 Å². The smallest absolute Gasteiger partial charge is 0.247 e. The Morgan fingerprint density at radius 1 is 1.05 bits per heavy atom. The fraction of sp³-hybridized carbons (Fsp3) is 0.867. The van der Waals surface area contributed by atoms with Crippen molar-refractivity contribution in [3.05, 3.63) is 0 Å². The van der Waals surface area contributed by atoms with Gasteiger partial charge < -0.3 is 39.7 Å². The first kappa shape index (κ1) is 35.8. The summed E-state index contributed by atoms with van der Waals surface area (Å²) in [4.78, 5) is 52.6. The number of nitrogens with one attached hydrogen (secondary N) is 2. The predicted molar refractivity (Wildman–Crippen MR) is 165 cm³/mol. The van der Waals surface area contributed by atoms with Crippen LogP contribution in [-0.2, 0) is 23.9 Å². The van der Waals surface area contributed by atoms with Gasteiger partial charge in [-0.3, -0.25) is 14.4 Å². The number of ether oxygens (including phenoxy) is 2. The molecule has 0 radical (unpaired) electrons. The molecule has 2 fully saturated rings. The number of nitrogens with zero attached hydrogens (tertiary/aromatic N) is 5. The first-order valence-electron chi connectivity index (χ1n) is 15.5. The van der Waals surface area contributed by atoms with E-state index < -0.39 is 24.2 Å². The number of carbonyl (C=O) groups excluding carboxylic acids is 3. The summed E-state index contributed by atoms with van der Waals surface area (Å²) in [5.41, 5.74) is 0. The Morgan fingerprint density at radius 3 is 2.21 bits per heavy atom. The van der Waals surface area contributed by atoms with Crippen molar-refractivity contribution in [2.24, 2.45) is 16.8 Å². The molecule has 42 heavy (non-hydrogen) atoms. The van der Waals surface area contributed by atoms with Crippen molar-refractivity contribution in [3.63, 3.8) is 0 Å². The Bertz CT molecular complexity index is 910. The average Bonchev–Trinajstić information content (AvgIpc) is 3.48. The van der Waals surface area contributed by atoms with Crippen molar-refractivity contribution >= 4 is 23.7 Å². The van der Waals surface area contributed by atoms with Gasteiger partial charge in [-0.05, 0) is 25.7 Å². The third-order valence-electron chi connectivity index (χ3n) is 8.97. The van der Waals surface area contributed by atoms with Gasteiger partial charge in [-0.1, -0.05) is 27.2 Å². The first-order chi connectivity index (χ1) is 19.9. The molecule has 7 atom stereocenters. The number of amides is 3. The molecular formula is C30H57N7O5. The second kappa shape index (κ2) is 17.0. The highest BCUT2D eigenvalue weighted by atomic mass is 16.5. The van der Waals surface area contributed by atoms with Crippen molar-refractivity contribution < 1.29 is 23.9 Å². The van der Waals surface area contributed by atoms with E-state index in [1.807, 2.05) is 37.7 Å². The largest absolute Gasteiger partial charge is 0.379 e. The van der Waals surface area contributed by atoms with Crippen LogP contribution >= 0.6 is 0 Å². The van der Waals surface area contributed by atoms with E-state index in [1.165, 1.54) is 0 Å². The fourth-order valence-corrected chi connectivity index (χ4v) is 6.40. The van der Waals surface area contributed by atoms with Crippen molar-refractivity contribution in [1.29, 1.82) is 0 Å².